The maximum atomic E-state index is 5.37. The summed E-state index contributed by atoms with van der Waals surface area (Å²) in [6, 6.07) is 4.37. The highest BCUT2D eigenvalue weighted by molar-refractivity contribution is 7.11. The van der Waals surface area contributed by atoms with Crippen LogP contribution in [0, 0.1) is 6.92 Å². The van der Waals surface area contributed by atoms with Crippen LogP contribution in [0.25, 0.3) is 11.5 Å². The Hall–Kier alpha value is -2.12. The van der Waals surface area contributed by atoms with Crippen molar-refractivity contribution in [3.05, 3.63) is 46.4 Å². The predicted octanol–water partition coefficient (Wildman–Crippen LogP) is 2.50. The molecule has 4 rings (SSSR count). The van der Waals surface area contributed by atoms with Gasteiger partial charge in [0, 0.05) is 41.8 Å². The summed E-state index contributed by atoms with van der Waals surface area (Å²) in [5, 5.41) is 4.00. The molecule has 22 heavy (non-hydrogen) atoms. The molecule has 0 saturated carbocycles. The van der Waals surface area contributed by atoms with Gasteiger partial charge in [0.25, 0.3) is 0 Å². The summed E-state index contributed by atoms with van der Waals surface area (Å²) < 4.78 is 5.37. The normalized spacial score (nSPS) is 15.9. The summed E-state index contributed by atoms with van der Waals surface area (Å²) in [6.07, 6.45) is 4.89. The van der Waals surface area contributed by atoms with Crippen molar-refractivity contribution >= 4 is 11.3 Å². The first-order valence-corrected chi connectivity index (χ1v) is 7.97. The summed E-state index contributed by atoms with van der Waals surface area (Å²) in [4.78, 5) is 17.8. The minimum absolute atomic E-state index is 0.319. The molecule has 0 unspecified atom stereocenters. The van der Waals surface area contributed by atoms with E-state index in [0.29, 0.717) is 23.3 Å². The largest absolute Gasteiger partial charge is 0.339 e. The molecule has 0 spiro atoms. The molecular formula is C15H15N5OS. The van der Waals surface area contributed by atoms with E-state index < -0.39 is 0 Å². The van der Waals surface area contributed by atoms with Crippen LogP contribution in [-0.2, 0) is 6.54 Å². The van der Waals surface area contributed by atoms with Crippen LogP contribution in [0.5, 0.6) is 0 Å². The smallest absolute Gasteiger partial charge is 0.232 e. The molecule has 0 amide bonds. The van der Waals surface area contributed by atoms with Gasteiger partial charge in [0.1, 0.15) is 5.69 Å². The van der Waals surface area contributed by atoms with Crippen molar-refractivity contribution in [3.63, 3.8) is 0 Å². The molecule has 112 valence electrons. The van der Waals surface area contributed by atoms with Crippen LogP contribution >= 0.6 is 11.3 Å². The van der Waals surface area contributed by atoms with Crippen molar-refractivity contribution < 1.29 is 4.52 Å². The quantitative estimate of drug-likeness (QED) is 0.737. The average molecular weight is 313 g/mol. The molecule has 1 saturated heterocycles. The van der Waals surface area contributed by atoms with Gasteiger partial charge in [0.2, 0.25) is 11.7 Å². The first-order chi connectivity index (χ1) is 10.8. The molecule has 1 aliphatic heterocycles. The molecule has 1 aliphatic rings. The number of hydrogen-bond donors (Lipinski definition) is 0. The van der Waals surface area contributed by atoms with E-state index in [9.17, 15) is 0 Å². The third kappa shape index (κ3) is 2.65. The van der Waals surface area contributed by atoms with E-state index >= 15 is 0 Å². The van der Waals surface area contributed by atoms with Crippen molar-refractivity contribution in [1.82, 2.24) is 25.0 Å². The van der Waals surface area contributed by atoms with Crippen molar-refractivity contribution in [3.8, 4) is 11.5 Å². The third-order valence-electron chi connectivity index (χ3n) is 3.72. The van der Waals surface area contributed by atoms with Gasteiger partial charge in [-0.15, -0.1) is 11.3 Å². The molecule has 7 heteroatoms. The van der Waals surface area contributed by atoms with E-state index in [1.807, 2.05) is 11.3 Å². The van der Waals surface area contributed by atoms with Gasteiger partial charge in [-0.1, -0.05) is 5.16 Å². The van der Waals surface area contributed by atoms with Gasteiger partial charge >= 0.3 is 0 Å². The van der Waals surface area contributed by atoms with E-state index in [1.165, 1.54) is 9.75 Å². The highest BCUT2D eigenvalue weighted by Gasteiger charge is 2.32. The lowest BCUT2D eigenvalue weighted by Gasteiger charge is -2.36. The first-order valence-electron chi connectivity index (χ1n) is 7.15. The van der Waals surface area contributed by atoms with Crippen LogP contribution in [0.1, 0.15) is 21.6 Å². The zero-order chi connectivity index (χ0) is 14.9. The Kier molecular flexibility index (Phi) is 3.44. The van der Waals surface area contributed by atoms with Crippen LogP contribution in [0.3, 0.4) is 0 Å². The van der Waals surface area contributed by atoms with Gasteiger partial charge in [-0.05, 0) is 19.1 Å². The minimum atomic E-state index is 0.319. The maximum Gasteiger partial charge on any atom is 0.232 e. The van der Waals surface area contributed by atoms with Gasteiger partial charge in [0.15, 0.2) is 0 Å². The van der Waals surface area contributed by atoms with Crippen molar-refractivity contribution in [2.45, 2.75) is 19.4 Å². The number of rotatable bonds is 4. The number of hydrogen-bond acceptors (Lipinski definition) is 7. The molecule has 0 radical (unpaired) electrons. The molecule has 0 bridgehead atoms. The molecule has 6 nitrogen and oxygen atoms in total. The summed E-state index contributed by atoms with van der Waals surface area (Å²) >= 11 is 1.86. The summed E-state index contributed by atoms with van der Waals surface area (Å²) in [7, 11) is 0. The fourth-order valence-electron chi connectivity index (χ4n) is 2.57. The van der Waals surface area contributed by atoms with Gasteiger partial charge in [0.05, 0.1) is 12.1 Å². The second-order valence-electron chi connectivity index (χ2n) is 5.45. The Labute approximate surface area is 131 Å². The second-order valence-corrected chi connectivity index (χ2v) is 6.82. The number of nitrogens with zero attached hydrogens (tertiary/aromatic N) is 5. The van der Waals surface area contributed by atoms with Gasteiger partial charge in [-0.3, -0.25) is 9.88 Å². The summed E-state index contributed by atoms with van der Waals surface area (Å²) in [5.41, 5.74) is 0.641. The van der Waals surface area contributed by atoms with Crippen LogP contribution in [-0.4, -0.2) is 38.1 Å². The molecule has 0 atom stereocenters. The topological polar surface area (TPSA) is 67.9 Å². The van der Waals surface area contributed by atoms with Crippen molar-refractivity contribution in [2.24, 2.45) is 0 Å². The van der Waals surface area contributed by atoms with E-state index in [4.69, 9.17) is 4.52 Å². The average Bonchev–Trinajstić information content (AvgIpc) is 3.12. The Morgan fingerprint density at radius 2 is 2.23 bits per heavy atom. The fraction of sp³-hybridized carbons (Fsp3) is 0.333. The van der Waals surface area contributed by atoms with Crippen LogP contribution in [0.2, 0.25) is 0 Å². The van der Waals surface area contributed by atoms with E-state index in [1.54, 1.807) is 18.6 Å². The van der Waals surface area contributed by atoms with E-state index in [0.717, 1.165) is 19.6 Å². The Morgan fingerprint density at radius 3 is 2.95 bits per heavy atom. The molecule has 4 heterocycles. The Bertz CT molecular complexity index is 763. The lowest BCUT2D eigenvalue weighted by atomic mass is 10.0. The van der Waals surface area contributed by atoms with Crippen LogP contribution in [0.15, 0.2) is 35.2 Å². The molecule has 3 aromatic heterocycles. The summed E-state index contributed by atoms with van der Waals surface area (Å²) in [5.74, 6) is 1.52. The first kappa shape index (κ1) is 13.5. The zero-order valence-corrected chi connectivity index (χ0v) is 13.0. The highest BCUT2D eigenvalue weighted by atomic mass is 32.1. The lowest BCUT2D eigenvalue weighted by molar-refractivity contribution is 0.118. The van der Waals surface area contributed by atoms with Gasteiger partial charge in [-0.2, -0.15) is 4.98 Å². The lowest BCUT2D eigenvalue weighted by Crippen LogP contribution is -2.44. The summed E-state index contributed by atoms with van der Waals surface area (Å²) in [6.45, 7) is 5.05. The number of likely N-dealkylation sites (tertiary alicyclic amines) is 1. The number of aromatic nitrogens is 4. The number of thiophene rings is 1. The monoisotopic (exact) mass is 313 g/mol. The van der Waals surface area contributed by atoms with E-state index in [-0.39, 0.29) is 0 Å². The molecule has 1 fully saturated rings. The number of aryl methyl sites for hydroxylation is 1. The predicted molar refractivity (Wildman–Crippen MR) is 82.4 cm³/mol. The Morgan fingerprint density at radius 1 is 1.32 bits per heavy atom. The molecule has 0 aliphatic carbocycles. The van der Waals surface area contributed by atoms with Crippen molar-refractivity contribution in [1.29, 1.82) is 0 Å². The zero-order valence-electron chi connectivity index (χ0n) is 12.1. The molecule has 0 N–H and O–H groups in total. The van der Waals surface area contributed by atoms with Crippen LogP contribution < -0.4 is 0 Å². The SMILES string of the molecule is Cc1ccc(CN2CC(c3nc(-c4cnccn4)no3)C2)s1. The minimum Gasteiger partial charge on any atom is -0.339 e. The van der Waals surface area contributed by atoms with Crippen LogP contribution in [0.4, 0.5) is 0 Å². The fourth-order valence-corrected chi connectivity index (χ4v) is 3.50. The molecule has 3 aromatic rings. The molecular weight excluding hydrogens is 298 g/mol. The standard InChI is InChI=1S/C15H15N5OS/c1-10-2-3-12(22-10)9-20-7-11(8-20)15-18-14(19-21-15)13-6-16-4-5-17-13/h2-6,11H,7-9H2,1H3. The Balaban J connectivity index is 1.38. The highest BCUT2D eigenvalue weighted by Crippen LogP contribution is 2.29. The van der Waals surface area contributed by atoms with Crippen molar-refractivity contribution in [2.75, 3.05) is 13.1 Å². The maximum absolute atomic E-state index is 5.37. The van der Waals surface area contributed by atoms with Gasteiger partial charge < -0.3 is 4.52 Å². The van der Waals surface area contributed by atoms with Gasteiger partial charge in [-0.25, -0.2) is 4.98 Å². The molecule has 0 aromatic carbocycles. The van der Waals surface area contributed by atoms with E-state index in [2.05, 4.69) is 44.1 Å². The third-order valence-corrected chi connectivity index (χ3v) is 4.70. The second kappa shape index (κ2) is 5.58.